The van der Waals surface area contributed by atoms with Crippen LogP contribution in [0.25, 0.3) is 16.6 Å². The van der Waals surface area contributed by atoms with Gasteiger partial charge in [0.25, 0.3) is 0 Å². The number of hydrogen-bond acceptors (Lipinski definition) is 3. The fraction of sp³-hybridized carbons (Fsp3) is 0.250. The van der Waals surface area contributed by atoms with Crippen molar-refractivity contribution < 1.29 is 14.0 Å². The van der Waals surface area contributed by atoms with Crippen LogP contribution < -0.4 is 10.6 Å². The Kier molecular flexibility index (Phi) is 4.78. The van der Waals surface area contributed by atoms with Crippen LogP contribution in [0, 0.1) is 23.1 Å². The summed E-state index contributed by atoms with van der Waals surface area (Å²) in [4.78, 5) is 27.4. The van der Waals surface area contributed by atoms with Gasteiger partial charge in [-0.3, -0.25) is 9.59 Å². The van der Waals surface area contributed by atoms with E-state index >= 15 is 0 Å². The monoisotopic (exact) mass is 468 g/mol. The van der Waals surface area contributed by atoms with Gasteiger partial charge >= 0.3 is 0 Å². The zero-order valence-electron chi connectivity index (χ0n) is 19.3. The second kappa shape index (κ2) is 7.77. The number of amides is 2. The van der Waals surface area contributed by atoms with Gasteiger partial charge in [-0.15, -0.1) is 0 Å². The van der Waals surface area contributed by atoms with Crippen molar-refractivity contribution >= 4 is 28.4 Å². The lowest BCUT2D eigenvalue weighted by atomic mass is 9.85. The first-order valence-electron chi connectivity index (χ1n) is 11.8. The zero-order chi connectivity index (χ0) is 24.3. The van der Waals surface area contributed by atoms with Gasteiger partial charge < -0.3 is 10.6 Å². The number of aromatic nitrogens is 2. The molecule has 3 aromatic carbocycles. The normalized spacial score (nSPS) is 25.8. The van der Waals surface area contributed by atoms with Crippen LogP contribution in [0.5, 0.6) is 0 Å². The third-order valence-electron chi connectivity index (χ3n) is 7.79. The minimum Gasteiger partial charge on any atom is -0.369 e. The highest BCUT2D eigenvalue weighted by Crippen LogP contribution is 2.62. The zero-order valence-corrected chi connectivity index (χ0v) is 19.3. The second-order valence-corrected chi connectivity index (χ2v) is 9.86. The van der Waals surface area contributed by atoms with Gasteiger partial charge in [0.05, 0.1) is 23.4 Å². The molecule has 2 heterocycles. The molecule has 0 radical (unpaired) electrons. The van der Waals surface area contributed by atoms with Crippen LogP contribution in [-0.4, -0.2) is 21.6 Å². The first-order chi connectivity index (χ1) is 16.9. The van der Waals surface area contributed by atoms with Crippen molar-refractivity contribution in [2.75, 3.05) is 4.90 Å². The highest BCUT2D eigenvalue weighted by atomic mass is 19.1. The fourth-order valence-corrected chi connectivity index (χ4v) is 5.73. The van der Waals surface area contributed by atoms with Gasteiger partial charge in [0.1, 0.15) is 5.82 Å². The summed E-state index contributed by atoms with van der Waals surface area (Å²) in [7, 11) is 0. The lowest BCUT2D eigenvalue weighted by Gasteiger charge is -2.30. The summed E-state index contributed by atoms with van der Waals surface area (Å²) in [5.74, 6) is -0.489. The van der Waals surface area contributed by atoms with Gasteiger partial charge in [-0.1, -0.05) is 37.3 Å². The van der Waals surface area contributed by atoms with E-state index in [2.05, 4.69) is 5.10 Å². The lowest BCUT2D eigenvalue weighted by Crippen LogP contribution is -2.31. The van der Waals surface area contributed by atoms with Gasteiger partial charge in [-0.25, -0.2) is 9.07 Å². The molecule has 1 saturated heterocycles. The van der Waals surface area contributed by atoms with E-state index in [1.807, 2.05) is 60.4 Å². The molecular weight excluding hydrogens is 443 g/mol. The first-order valence-corrected chi connectivity index (χ1v) is 11.8. The number of fused-ring (bicyclic) bond motifs is 1. The molecule has 1 saturated carbocycles. The predicted octanol–water partition coefficient (Wildman–Crippen LogP) is 4.77. The molecule has 2 fully saturated rings. The van der Waals surface area contributed by atoms with Crippen LogP contribution in [0.3, 0.4) is 0 Å². The largest absolute Gasteiger partial charge is 0.369 e. The first kappa shape index (κ1) is 21.5. The van der Waals surface area contributed by atoms with E-state index in [4.69, 9.17) is 5.73 Å². The van der Waals surface area contributed by atoms with Gasteiger partial charge in [0, 0.05) is 22.9 Å². The Morgan fingerprint density at radius 2 is 1.77 bits per heavy atom. The highest BCUT2D eigenvalue weighted by molar-refractivity contribution is 5.99. The summed E-state index contributed by atoms with van der Waals surface area (Å²) in [6.45, 7) is 1.91. The molecule has 0 spiro atoms. The van der Waals surface area contributed by atoms with Crippen molar-refractivity contribution in [3.63, 3.8) is 0 Å². The Balaban J connectivity index is 1.40. The Labute approximate surface area is 202 Å². The highest BCUT2D eigenvalue weighted by Gasteiger charge is 2.62. The fourth-order valence-electron chi connectivity index (χ4n) is 5.73. The van der Waals surface area contributed by atoms with E-state index in [1.165, 1.54) is 12.1 Å². The maximum absolute atomic E-state index is 13.4. The number of carbonyl (C=O) groups is 2. The molecular formula is C28H25FN4O2. The van der Waals surface area contributed by atoms with E-state index in [0.29, 0.717) is 12.8 Å². The van der Waals surface area contributed by atoms with E-state index in [-0.39, 0.29) is 35.5 Å². The van der Waals surface area contributed by atoms with Gasteiger partial charge in [-0.2, -0.15) is 5.10 Å². The molecule has 2 aliphatic rings. The van der Waals surface area contributed by atoms with E-state index in [1.54, 1.807) is 23.0 Å². The topological polar surface area (TPSA) is 81.2 Å². The molecule has 35 heavy (non-hydrogen) atoms. The number of hydrogen-bond donors (Lipinski definition) is 1. The Bertz CT molecular complexity index is 1450. The molecule has 7 heteroatoms. The van der Waals surface area contributed by atoms with Crippen LogP contribution >= 0.6 is 0 Å². The maximum atomic E-state index is 13.4. The molecule has 2 N–H and O–H groups in total. The molecule has 1 aliphatic heterocycles. The van der Waals surface area contributed by atoms with Gasteiger partial charge in [0.15, 0.2) is 0 Å². The number of primary amides is 1. The van der Waals surface area contributed by atoms with Crippen LogP contribution in [0.1, 0.15) is 31.4 Å². The van der Waals surface area contributed by atoms with Crippen molar-refractivity contribution in [1.82, 2.24) is 9.78 Å². The second-order valence-electron chi connectivity index (χ2n) is 9.86. The predicted molar refractivity (Wildman–Crippen MR) is 131 cm³/mol. The standard InChI is InChI=1S/C28H25FN4O2/c1-28(27(30)35)15-23(28)22-14-25(34)32(26(22)17-5-3-2-4-6-17)21-11-12-24-18(13-21)16-31-33(24)20-9-7-19(29)8-10-20/h2-13,16,22-23,26H,14-15H2,1H3,(H2,30,35)/t22-,23?,26-,28?/m0/s1. The Morgan fingerprint density at radius 3 is 2.46 bits per heavy atom. The van der Waals surface area contributed by atoms with Crippen molar-refractivity contribution in [2.45, 2.75) is 25.8 Å². The number of carbonyl (C=O) groups excluding carboxylic acids is 2. The van der Waals surface area contributed by atoms with Crippen molar-refractivity contribution in [3.8, 4) is 5.69 Å². The van der Waals surface area contributed by atoms with Crippen molar-refractivity contribution in [2.24, 2.45) is 23.0 Å². The number of anilines is 1. The number of rotatable bonds is 5. The van der Waals surface area contributed by atoms with Gasteiger partial charge in [-0.05, 0) is 66.3 Å². The summed E-state index contributed by atoms with van der Waals surface area (Å²) in [6, 6.07) is 21.8. The third kappa shape index (κ3) is 3.41. The van der Waals surface area contributed by atoms with E-state index in [0.717, 1.165) is 27.8 Å². The Morgan fingerprint density at radius 1 is 1.06 bits per heavy atom. The van der Waals surface area contributed by atoms with Crippen LogP contribution in [0.15, 0.2) is 79.0 Å². The lowest BCUT2D eigenvalue weighted by molar-refractivity contribution is -0.123. The van der Waals surface area contributed by atoms with Crippen LogP contribution in [0.2, 0.25) is 0 Å². The minimum atomic E-state index is -0.561. The molecule has 6 nitrogen and oxygen atoms in total. The van der Waals surface area contributed by atoms with Crippen molar-refractivity contribution in [3.05, 3.63) is 90.4 Å². The molecule has 4 atom stereocenters. The summed E-state index contributed by atoms with van der Waals surface area (Å²) in [5.41, 5.74) is 8.60. The number of halogens is 1. The average molecular weight is 469 g/mol. The van der Waals surface area contributed by atoms with Gasteiger partial charge in [0.2, 0.25) is 11.8 Å². The summed E-state index contributed by atoms with van der Waals surface area (Å²) >= 11 is 0. The molecule has 0 bridgehead atoms. The Hall–Kier alpha value is -4.00. The van der Waals surface area contributed by atoms with E-state index in [9.17, 15) is 14.0 Å². The van der Waals surface area contributed by atoms with Crippen LogP contribution in [0.4, 0.5) is 10.1 Å². The maximum Gasteiger partial charge on any atom is 0.227 e. The average Bonchev–Trinajstić information content (AvgIpc) is 3.21. The molecule has 1 aliphatic carbocycles. The minimum absolute atomic E-state index is 0.0000327. The smallest absolute Gasteiger partial charge is 0.227 e. The van der Waals surface area contributed by atoms with E-state index < -0.39 is 5.41 Å². The molecule has 6 rings (SSSR count). The molecule has 4 aromatic rings. The summed E-state index contributed by atoms with van der Waals surface area (Å²) in [5, 5.41) is 5.37. The third-order valence-corrected chi connectivity index (χ3v) is 7.79. The number of benzene rings is 3. The SMILES string of the molecule is CC1(C(N)=O)CC1[C@@H]1CC(=O)N(c2ccc3c(cnn3-c3ccc(F)cc3)c2)[C@H]1c1ccccc1. The summed E-state index contributed by atoms with van der Waals surface area (Å²) in [6.07, 6.45) is 2.84. The van der Waals surface area contributed by atoms with Crippen LogP contribution in [-0.2, 0) is 9.59 Å². The van der Waals surface area contributed by atoms with Crippen molar-refractivity contribution in [1.29, 1.82) is 0 Å². The molecule has 2 unspecified atom stereocenters. The molecule has 176 valence electrons. The molecule has 2 amide bonds. The number of nitrogens with two attached hydrogens (primary N) is 1. The molecule has 1 aromatic heterocycles. The summed E-state index contributed by atoms with van der Waals surface area (Å²) < 4.78 is 15.1. The number of nitrogens with zero attached hydrogens (tertiary/aromatic N) is 3. The quantitative estimate of drug-likeness (QED) is 0.458.